The van der Waals surface area contributed by atoms with Gasteiger partial charge in [0.25, 0.3) is 0 Å². The molecule has 0 aliphatic carbocycles. The Morgan fingerprint density at radius 1 is 1.27 bits per heavy atom. The summed E-state index contributed by atoms with van der Waals surface area (Å²) in [6.07, 6.45) is 1.55. The van der Waals surface area contributed by atoms with Crippen molar-refractivity contribution in [3.63, 3.8) is 0 Å². The molecule has 0 atom stereocenters. The zero-order valence-electron chi connectivity index (χ0n) is 11.8. The van der Waals surface area contributed by atoms with E-state index < -0.39 is 5.97 Å². The number of aromatic nitrogens is 1. The van der Waals surface area contributed by atoms with Gasteiger partial charge in [0.1, 0.15) is 12.4 Å². The predicted octanol–water partition coefficient (Wildman–Crippen LogP) is 0.711. The number of nitrogens with zero attached hydrogens (tertiary/aromatic N) is 3. The second-order valence-electron chi connectivity index (χ2n) is 4.89. The Bertz CT molecular complexity index is 562. The molecule has 22 heavy (non-hydrogen) atoms. The van der Waals surface area contributed by atoms with Crippen molar-refractivity contribution in [3.8, 4) is 0 Å². The van der Waals surface area contributed by atoms with Gasteiger partial charge in [0, 0.05) is 32.4 Å². The number of carbonyl (C=O) groups is 2. The SMILES string of the molecule is O=C(O)CNC(=O)CN1CCN(c2ncc(Cl)cc2Cl)CC1. The van der Waals surface area contributed by atoms with Gasteiger partial charge in [-0.2, -0.15) is 0 Å². The normalized spacial score (nSPS) is 15.6. The molecule has 0 radical (unpaired) electrons. The molecule has 0 spiro atoms. The average molecular weight is 347 g/mol. The van der Waals surface area contributed by atoms with Crippen LogP contribution < -0.4 is 10.2 Å². The molecule has 0 unspecified atom stereocenters. The maximum absolute atomic E-state index is 11.6. The molecule has 0 bridgehead atoms. The Hall–Kier alpha value is -1.57. The third-order valence-electron chi connectivity index (χ3n) is 3.26. The van der Waals surface area contributed by atoms with Crippen LogP contribution in [-0.4, -0.2) is 66.1 Å². The van der Waals surface area contributed by atoms with Crippen LogP contribution in [0.15, 0.2) is 12.3 Å². The number of rotatable bonds is 5. The van der Waals surface area contributed by atoms with Crippen LogP contribution in [0.3, 0.4) is 0 Å². The first-order valence-corrected chi connectivity index (χ1v) is 7.48. The molecule has 1 fully saturated rings. The Morgan fingerprint density at radius 3 is 2.55 bits per heavy atom. The van der Waals surface area contributed by atoms with Gasteiger partial charge in [0.2, 0.25) is 5.91 Å². The molecular formula is C13H16Cl2N4O3. The van der Waals surface area contributed by atoms with Crippen molar-refractivity contribution >= 4 is 40.9 Å². The number of aliphatic carboxylic acids is 1. The summed E-state index contributed by atoms with van der Waals surface area (Å²) in [7, 11) is 0. The van der Waals surface area contributed by atoms with Gasteiger partial charge in [0.15, 0.2) is 0 Å². The predicted molar refractivity (Wildman–Crippen MR) is 83.6 cm³/mol. The first-order chi connectivity index (χ1) is 10.5. The lowest BCUT2D eigenvalue weighted by Gasteiger charge is -2.35. The van der Waals surface area contributed by atoms with E-state index in [0.29, 0.717) is 42.0 Å². The number of hydrogen-bond donors (Lipinski definition) is 2. The van der Waals surface area contributed by atoms with Crippen LogP contribution in [0.4, 0.5) is 5.82 Å². The van der Waals surface area contributed by atoms with Crippen LogP contribution >= 0.6 is 23.2 Å². The Labute approximate surface area is 137 Å². The number of pyridine rings is 1. The van der Waals surface area contributed by atoms with Crippen molar-refractivity contribution in [3.05, 3.63) is 22.3 Å². The molecule has 7 nitrogen and oxygen atoms in total. The maximum Gasteiger partial charge on any atom is 0.322 e. The number of halogens is 2. The van der Waals surface area contributed by atoms with E-state index in [0.717, 1.165) is 0 Å². The third-order valence-corrected chi connectivity index (χ3v) is 3.75. The molecule has 2 rings (SSSR count). The average Bonchev–Trinajstić information content (AvgIpc) is 2.46. The molecule has 1 aromatic heterocycles. The fraction of sp³-hybridized carbons (Fsp3) is 0.462. The minimum Gasteiger partial charge on any atom is -0.480 e. The highest BCUT2D eigenvalue weighted by atomic mass is 35.5. The number of hydrogen-bond acceptors (Lipinski definition) is 5. The number of nitrogens with one attached hydrogen (secondary N) is 1. The number of carboxylic acids is 1. The highest BCUT2D eigenvalue weighted by Crippen LogP contribution is 2.26. The number of amides is 1. The highest BCUT2D eigenvalue weighted by molar-refractivity contribution is 6.36. The van der Waals surface area contributed by atoms with E-state index in [1.807, 2.05) is 9.80 Å². The van der Waals surface area contributed by atoms with E-state index in [1.54, 1.807) is 12.3 Å². The molecule has 2 N–H and O–H groups in total. The molecule has 0 aromatic carbocycles. The van der Waals surface area contributed by atoms with E-state index in [2.05, 4.69) is 10.3 Å². The maximum atomic E-state index is 11.6. The first kappa shape index (κ1) is 16.8. The molecule has 120 valence electrons. The van der Waals surface area contributed by atoms with Gasteiger partial charge in [-0.15, -0.1) is 0 Å². The molecule has 1 aromatic rings. The van der Waals surface area contributed by atoms with E-state index in [1.165, 1.54) is 0 Å². The molecular weight excluding hydrogens is 331 g/mol. The van der Waals surface area contributed by atoms with Gasteiger partial charge < -0.3 is 15.3 Å². The quantitative estimate of drug-likeness (QED) is 0.816. The first-order valence-electron chi connectivity index (χ1n) is 6.72. The molecule has 1 aliphatic rings. The number of anilines is 1. The molecule has 1 aliphatic heterocycles. The minimum absolute atomic E-state index is 0.183. The zero-order valence-corrected chi connectivity index (χ0v) is 13.3. The molecule has 1 amide bonds. The summed E-state index contributed by atoms with van der Waals surface area (Å²) in [6.45, 7) is 2.52. The molecule has 9 heteroatoms. The lowest BCUT2D eigenvalue weighted by Crippen LogP contribution is -2.50. The van der Waals surface area contributed by atoms with Crippen molar-refractivity contribution in [1.29, 1.82) is 0 Å². The summed E-state index contributed by atoms with van der Waals surface area (Å²) in [6, 6.07) is 1.65. The fourth-order valence-electron chi connectivity index (χ4n) is 2.19. The second kappa shape index (κ2) is 7.62. The number of carbonyl (C=O) groups excluding carboxylic acids is 1. The van der Waals surface area contributed by atoms with Crippen LogP contribution in [0.2, 0.25) is 10.0 Å². The Morgan fingerprint density at radius 2 is 1.95 bits per heavy atom. The van der Waals surface area contributed by atoms with Gasteiger partial charge in [-0.1, -0.05) is 23.2 Å². The van der Waals surface area contributed by atoms with Crippen LogP contribution in [0.1, 0.15) is 0 Å². The molecule has 1 saturated heterocycles. The van der Waals surface area contributed by atoms with E-state index in [-0.39, 0.29) is 19.0 Å². The fourth-order valence-corrected chi connectivity index (χ4v) is 2.69. The van der Waals surface area contributed by atoms with E-state index in [4.69, 9.17) is 28.3 Å². The van der Waals surface area contributed by atoms with Crippen molar-refractivity contribution in [1.82, 2.24) is 15.2 Å². The summed E-state index contributed by atoms with van der Waals surface area (Å²) >= 11 is 12.0. The second-order valence-corrected chi connectivity index (χ2v) is 5.74. The smallest absolute Gasteiger partial charge is 0.322 e. The summed E-state index contributed by atoms with van der Waals surface area (Å²) in [5, 5.41) is 11.8. The Balaban J connectivity index is 1.82. The zero-order chi connectivity index (χ0) is 16.1. The summed E-state index contributed by atoms with van der Waals surface area (Å²) in [5.74, 6) is -0.666. The largest absolute Gasteiger partial charge is 0.480 e. The van der Waals surface area contributed by atoms with Gasteiger partial charge in [0.05, 0.1) is 16.6 Å². The van der Waals surface area contributed by atoms with Gasteiger partial charge in [-0.25, -0.2) is 4.98 Å². The number of carboxylic acid groups (broad SMARTS) is 1. The van der Waals surface area contributed by atoms with E-state index in [9.17, 15) is 9.59 Å². The third kappa shape index (κ3) is 4.72. The summed E-state index contributed by atoms with van der Waals surface area (Å²) < 4.78 is 0. The lowest BCUT2D eigenvalue weighted by atomic mass is 10.3. The minimum atomic E-state index is -1.05. The van der Waals surface area contributed by atoms with Crippen molar-refractivity contribution in [2.24, 2.45) is 0 Å². The van der Waals surface area contributed by atoms with Gasteiger partial charge in [-0.05, 0) is 6.07 Å². The monoisotopic (exact) mass is 346 g/mol. The highest BCUT2D eigenvalue weighted by Gasteiger charge is 2.21. The molecule has 2 heterocycles. The molecule has 0 saturated carbocycles. The van der Waals surface area contributed by atoms with Crippen molar-refractivity contribution < 1.29 is 14.7 Å². The lowest BCUT2D eigenvalue weighted by molar-refractivity contribution is -0.138. The van der Waals surface area contributed by atoms with Crippen LogP contribution in [0.25, 0.3) is 0 Å². The van der Waals surface area contributed by atoms with Crippen molar-refractivity contribution in [2.45, 2.75) is 0 Å². The number of piperazine rings is 1. The van der Waals surface area contributed by atoms with Crippen molar-refractivity contribution in [2.75, 3.05) is 44.2 Å². The van der Waals surface area contributed by atoms with Crippen LogP contribution in [0.5, 0.6) is 0 Å². The Kier molecular flexibility index (Phi) is 5.82. The van der Waals surface area contributed by atoms with Gasteiger partial charge >= 0.3 is 5.97 Å². The summed E-state index contributed by atoms with van der Waals surface area (Å²) in [5.41, 5.74) is 0. The van der Waals surface area contributed by atoms with Gasteiger partial charge in [-0.3, -0.25) is 14.5 Å². The summed E-state index contributed by atoms with van der Waals surface area (Å²) in [4.78, 5) is 30.2. The van der Waals surface area contributed by atoms with Crippen LogP contribution in [0, 0.1) is 0 Å². The standard InChI is InChI=1S/C13H16Cl2N4O3/c14-9-5-10(15)13(17-6-9)19-3-1-18(2-4-19)8-11(20)16-7-12(21)22/h5-6H,1-4,7-8H2,(H,16,20)(H,21,22). The topological polar surface area (TPSA) is 85.8 Å². The van der Waals surface area contributed by atoms with E-state index >= 15 is 0 Å². The van der Waals surface area contributed by atoms with Crippen LogP contribution in [-0.2, 0) is 9.59 Å².